The number of carboxylic acids is 1. The molecule has 0 aromatic rings. The Labute approximate surface area is 113 Å². The molecule has 0 bridgehead atoms. The molecule has 0 radical (unpaired) electrons. The molecule has 1 aliphatic carbocycles. The number of carbonyl (C=O) groups is 2. The first-order valence-electron chi connectivity index (χ1n) is 6.85. The third-order valence-corrected chi connectivity index (χ3v) is 2.94. The van der Waals surface area contributed by atoms with Crippen LogP contribution in [0.3, 0.4) is 0 Å². The lowest BCUT2D eigenvalue weighted by Gasteiger charge is -2.13. The van der Waals surface area contributed by atoms with Crippen molar-refractivity contribution >= 4 is 11.9 Å². The van der Waals surface area contributed by atoms with Crippen molar-refractivity contribution in [2.24, 2.45) is 5.92 Å². The van der Waals surface area contributed by atoms with Crippen molar-refractivity contribution in [1.29, 1.82) is 0 Å². The molecule has 1 saturated carbocycles. The number of aliphatic carboxylic acids is 1. The van der Waals surface area contributed by atoms with Gasteiger partial charge in [-0.05, 0) is 39.0 Å². The van der Waals surface area contributed by atoms with Crippen LogP contribution in [-0.4, -0.2) is 48.8 Å². The van der Waals surface area contributed by atoms with Gasteiger partial charge in [0.25, 0.3) is 0 Å². The number of carboxylic acid groups (broad SMARTS) is 1. The number of hydrogen-bond acceptors (Lipinski definition) is 4. The summed E-state index contributed by atoms with van der Waals surface area (Å²) in [5.41, 5.74) is 0. The van der Waals surface area contributed by atoms with Gasteiger partial charge in [-0.25, -0.2) is 0 Å². The first-order valence-corrected chi connectivity index (χ1v) is 6.85. The predicted molar refractivity (Wildman–Crippen MR) is 70.9 cm³/mol. The van der Waals surface area contributed by atoms with E-state index < -0.39 is 12.0 Å². The van der Waals surface area contributed by atoms with Gasteiger partial charge in [0.2, 0.25) is 5.91 Å². The standard InChI is InChI=1S/C13H24N2O4/c1-9(2)19-7-3-6-14-11(16)8-15-12(13(17)18)10-4-5-10/h9-10,12,15H,3-8H2,1-2H3,(H,14,16)(H,17,18). The van der Waals surface area contributed by atoms with Crippen molar-refractivity contribution in [3.05, 3.63) is 0 Å². The quantitative estimate of drug-likeness (QED) is 0.500. The Morgan fingerprint density at radius 2 is 2.05 bits per heavy atom. The normalized spacial score (nSPS) is 16.4. The van der Waals surface area contributed by atoms with Crippen molar-refractivity contribution in [2.75, 3.05) is 19.7 Å². The smallest absolute Gasteiger partial charge is 0.320 e. The number of amides is 1. The van der Waals surface area contributed by atoms with Gasteiger partial charge < -0.3 is 15.2 Å². The van der Waals surface area contributed by atoms with E-state index in [0.717, 1.165) is 19.3 Å². The van der Waals surface area contributed by atoms with E-state index in [9.17, 15) is 9.59 Å². The molecule has 0 heterocycles. The summed E-state index contributed by atoms with van der Waals surface area (Å²) in [7, 11) is 0. The summed E-state index contributed by atoms with van der Waals surface area (Å²) < 4.78 is 5.35. The zero-order valence-corrected chi connectivity index (χ0v) is 11.6. The highest BCUT2D eigenvalue weighted by atomic mass is 16.5. The molecule has 6 nitrogen and oxygen atoms in total. The lowest BCUT2D eigenvalue weighted by Crippen LogP contribution is -2.44. The average Bonchev–Trinajstić information content (AvgIpc) is 3.12. The molecule has 1 rings (SSSR count). The molecule has 1 atom stereocenters. The Morgan fingerprint density at radius 1 is 1.37 bits per heavy atom. The minimum absolute atomic E-state index is 0.0541. The number of carbonyl (C=O) groups excluding carboxylic acids is 1. The Bertz CT molecular complexity index is 303. The zero-order chi connectivity index (χ0) is 14.3. The van der Waals surface area contributed by atoms with Crippen LogP contribution in [0.15, 0.2) is 0 Å². The molecule has 0 aliphatic heterocycles. The van der Waals surface area contributed by atoms with E-state index in [2.05, 4.69) is 10.6 Å². The Hall–Kier alpha value is -1.14. The van der Waals surface area contributed by atoms with Crippen LogP contribution in [0.5, 0.6) is 0 Å². The third-order valence-electron chi connectivity index (χ3n) is 2.94. The summed E-state index contributed by atoms with van der Waals surface area (Å²) in [6.07, 6.45) is 2.82. The van der Waals surface area contributed by atoms with Crippen LogP contribution in [0, 0.1) is 5.92 Å². The summed E-state index contributed by atoms with van der Waals surface area (Å²) in [6, 6.07) is -0.588. The largest absolute Gasteiger partial charge is 0.480 e. The van der Waals surface area contributed by atoms with Gasteiger partial charge in [-0.3, -0.25) is 14.9 Å². The second-order valence-electron chi connectivity index (χ2n) is 5.16. The maximum absolute atomic E-state index is 11.5. The topological polar surface area (TPSA) is 87.7 Å². The maximum Gasteiger partial charge on any atom is 0.320 e. The molecule has 0 aromatic carbocycles. The van der Waals surface area contributed by atoms with Crippen molar-refractivity contribution in [2.45, 2.75) is 45.3 Å². The Balaban J connectivity index is 2.05. The van der Waals surface area contributed by atoms with E-state index in [1.807, 2.05) is 13.8 Å². The Morgan fingerprint density at radius 3 is 2.58 bits per heavy atom. The monoisotopic (exact) mass is 272 g/mol. The van der Waals surface area contributed by atoms with Gasteiger partial charge in [-0.2, -0.15) is 0 Å². The number of nitrogens with one attached hydrogen (secondary N) is 2. The number of ether oxygens (including phenoxy) is 1. The van der Waals surface area contributed by atoms with Gasteiger partial charge in [-0.15, -0.1) is 0 Å². The fraction of sp³-hybridized carbons (Fsp3) is 0.846. The molecule has 6 heteroatoms. The van der Waals surface area contributed by atoms with Crippen LogP contribution in [0.25, 0.3) is 0 Å². The second kappa shape index (κ2) is 8.12. The van der Waals surface area contributed by atoms with Crippen LogP contribution in [0.2, 0.25) is 0 Å². The van der Waals surface area contributed by atoms with E-state index in [1.165, 1.54) is 0 Å². The van der Waals surface area contributed by atoms with Crippen LogP contribution < -0.4 is 10.6 Å². The van der Waals surface area contributed by atoms with Gasteiger partial charge in [-0.1, -0.05) is 0 Å². The van der Waals surface area contributed by atoms with Gasteiger partial charge in [0.1, 0.15) is 6.04 Å². The first-order chi connectivity index (χ1) is 9.00. The third kappa shape index (κ3) is 7.12. The van der Waals surface area contributed by atoms with Crippen molar-refractivity contribution in [3.63, 3.8) is 0 Å². The summed E-state index contributed by atoms with van der Waals surface area (Å²) in [5, 5.41) is 14.5. The highest BCUT2D eigenvalue weighted by Crippen LogP contribution is 2.32. The first kappa shape index (κ1) is 15.9. The van der Waals surface area contributed by atoms with Crippen molar-refractivity contribution in [3.8, 4) is 0 Å². The molecular weight excluding hydrogens is 248 g/mol. The lowest BCUT2D eigenvalue weighted by molar-refractivity contribution is -0.140. The van der Waals surface area contributed by atoms with Gasteiger partial charge in [0.05, 0.1) is 12.6 Å². The lowest BCUT2D eigenvalue weighted by atomic mass is 10.2. The average molecular weight is 272 g/mol. The fourth-order valence-electron chi connectivity index (χ4n) is 1.77. The minimum atomic E-state index is -0.874. The second-order valence-corrected chi connectivity index (χ2v) is 5.16. The summed E-state index contributed by atoms with van der Waals surface area (Å²) in [4.78, 5) is 22.4. The van der Waals surface area contributed by atoms with E-state index in [-0.39, 0.29) is 24.5 Å². The molecule has 19 heavy (non-hydrogen) atoms. The molecule has 1 aliphatic rings. The maximum atomic E-state index is 11.5. The van der Waals surface area contributed by atoms with Crippen LogP contribution >= 0.6 is 0 Å². The number of rotatable bonds is 10. The van der Waals surface area contributed by atoms with Crippen molar-refractivity contribution < 1.29 is 19.4 Å². The molecule has 3 N–H and O–H groups in total. The molecule has 0 saturated heterocycles. The minimum Gasteiger partial charge on any atom is -0.480 e. The predicted octanol–water partition coefficient (Wildman–Crippen LogP) is 0.371. The van der Waals surface area contributed by atoms with Gasteiger partial charge >= 0.3 is 5.97 Å². The summed E-state index contributed by atoms with van der Waals surface area (Å²) in [5.74, 6) is -0.859. The highest BCUT2D eigenvalue weighted by molar-refractivity contribution is 5.80. The van der Waals surface area contributed by atoms with Gasteiger partial charge in [0, 0.05) is 13.2 Å². The van der Waals surface area contributed by atoms with Crippen LogP contribution in [-0.2, 0) is 14.3 Å². The van der Waals surface area contributed by atoms with E-state index in [0.29, 0.717) is 13.2 Å². The highest BCUT2D eigenvalue weighted by Gasteiger charge is 2.35. The van der Waals surface area contributed by atoms with E-state index in [4.69, 9.17) is 9.84 Å². The fourth-order valence-corrected chi connectivity index (χ4v) is 1.77. The van der Waals surface area contributed by atoms with E-state index in [1.54, 1.807) is 0 Å². The molecule has 110 valence electrons. The summed E-state index contributed by atoms with van der Waals surface area (Å²) >= 11 is 0. The Kier molecular flexibility index (Phi) is 6.80. The molecule has 0 aromatic heterocycles. The molecule has 1 fully saturated rings. The van der Waals surface area contributed by atoms with Crippen molar-refractivity contribution in [1.82, 2.24) is 10.6 Å². The summed E-state index contributed by atoms with van der Waals surface area (Å²) in [6.45, 7) is 5.15. The molecule has 1 amide bonds. The van der Waals surface area contributed by atoms with Gasteiger partial charge in [0.15, 0.2) is 0 Å². The molecule has 1 unspecified atom stereocenters. The van der Waals surface area contributed by atoms with Crippen LogP contribution in [0.1, 0.15) is 33.1 Å². The van der Waals surface area contributed by atoms with E-state index >= 15 is 0 Å². The van der Waals surface area contributed by atoms with Crippen LogP contribution in [0.4, 0.5) is 0 Å². The SMILES string of the molecule is CC(C)OCCCNC(=O)CNC(C(=O)O)C1CC1. The molecular formula is C13H24N2O4. The molecule has 0 spiro atoms. The number of hydrogen-bond donors (Lipinski definition) is 3. The zero-order valence-electron chi connectivity index (χ0n) is 11.6.